The van der Waals surface area contributed by atoms with Crippen LogP contribution in [-0.4, -0.2) is 23.4 Å². The van der Waals surface area contributed by atoms with E-state index in [1.54, 1.807) is 19.4 Å². The van der Waals surface area contributed by atoms with Gasteiger partial charge >= 0.3 is 0 Å². The van der Waals surface area contributed by atoms with Gasteiger partial charge in [-0.2, -0.15) is 0 Å². The Bertz CT molecular complexity index is 553. The lowest BCUT2D eigenvalue weighted by Crippen LogP contribution is -1.91. The van der Waals surface area contributed by atoms with Crippen LogP contribution in [0.15, 0.2) is 47.8 Å². The standard InChI is InChI=1S/C14H14N2O3/c1-18-12-6-4-11(5-7-12)10-19-16-9-13-14(17)3-2-8-15-13/h2-9,17H,10H2,1H3. The molecule has 0 amide bonds. The second-order valence-corrected chi connectivity index (χ2v) is 3.76. The number of ether oxygens (including phenoxy) is 1. The predicted molar refractivity (Wildman–Crippen MR) is 71.3 cm³/mol. The van der Waals surface area contributed by atoms with Gasteiger partial charge in [0.1, 0.15) is 23.8 Å². The molecule has 0 aliphatic heterocycles. The number of aromatic nitrogens is 1. The van der Waals surface area contributed by atoms with E-state index in [0.717, 1.165) is 11.3 Å². The Morgan fingerprint density at radius 1 is 1.26 bits per heavy atom. The SMILES string of the molecule is COc1ccc(CON=Cc2ncccc2O)cc1. The lowest BCUT2D eigenvalue weighted by atomic mass is 10.2. The Morgan fingerprint density at radius 3 is 2.74 bits per heavy atom. The van der Waals surface area contributed by atoms with E-state index in [-0.39, 0.29) is 5.75 Å². The van der Waals surface area contributed by atoms with E-state index < -0.39 is 0 Å². The quantitative estimate of drug-likeness (QED) is 0.660. The summed E-state index contributed by atoms with van der Waals surface area (Å²) in [5, 5.41) is 13.2. The fraction of sp³-hybridized carbons (Fsp3) is 0.143. The molecular weight excluding hydrogens is 244 g/mol. The van der Waals surface area contributed by atoms with E-state index in [0.29, 0.717) is 12.3 Å². The van der Waals surface area contributed by atoms with Crippen molar-refractivity contribution in [2.75, 3.05) is 7.11 Å². The molecule has 0 radical (unpaired) electrons. The highest BCUT2D eigenvalue weighted by Crippen LogP contribution is 2.12. The maximum absolute atomic E-state index is 9.46. The number of methoxy groups -OCH3 is 1. The second-order valence-electron chi connectivity index (χ2n) is 3.76. The van der Waals surface area contributed by atoms with Crippen molar-refractivity contribution in [3.05, 3.63) is 53.9 Å². The minimum absolute atomic E-state index is 0.0688. The molecule has 0 saturated carbocycles. The van der Waals surface area contributed by atoms with Crippen molar-refractivity contribution in [3.8, 4) is 11.5 Å². The summed E-state index contributed by atoms with van der Waals surface area (Å²) in [6.45, 7) is 0.341. The lowest BCUT2D eigenvalue weighted by molar-refractivity contribution is 0.132. The zero-order valence-corrected chi connectivity index (χ0v) is 10.5. The van der Waals surface area contributed by atoms with Crippen LogP contribution in [0.2, 0.25) is 0 Å². The first-order chi connectivity index (χ1) is 9.29. The molecule has 0 spiro atoms. The number of aromatic hydroxyl groups is 1. The van der Waals surface area contributed by atoms with Gasteiger partial charge in [-0.3, -0.25) is 4.98 Å². The largest absolute Gasteiger partial charge is 0.506 e. The van der Waals surface area contributed by atoms with Crippen molar-refractivity contribution >= 4 is 6.21 Å². The number of pyridine rings is 1. The number of oxime groups is 1. The predicted octanol–water partition coefficient (Wildman–Crippen LogP) is 2.35. The minimum atomic E-state index is 0.0688. The zero-order chi connectivity index (χ0) is 13.5. The number of hydrogen-bond acceptors (Lipinski definition) is 5. The number of nitrogens with zero attached hydrogens (tertiary/aromatic N) is 2. The fourth-order valence-electron chi connectivity index (χ4n) is 1.43. The van der Waals surface area contributed by atoms with Gasteiger partial charge in [0.2, 0.25) is 0 Å². The highest BCUT2D eigenvalue weighted by atomic mass is 16.6. The van der Waals surface area contributed by atoms with Gasteiger partial charge in [0.05, 0.1) is 13.3 Å². The molecule has 5 nitrogen and oxygen atoms in total. The van der Waals surface area contributed by atoms with Crippen LogP contribution < -0.4 is 4.74 Å². The second kappa shape index (κ2) is 6.39. The molecule has 19 heavy (non-hydrogen) atoms. The third-order valence-electron chi connectivity index (χ3n) is 2.46. The van der Waals surface area contributed by atoms with Crippen LogP contribution in [-0.2, 0) is 11.4 Å². The van der Waals surface area contributed by atoms with Crippen molar-refractivity contribution in [2.24, 2.45) is 5.16 Å². The van der Waals surface area contributed by atoms with Gasteiger partial charge in [-0.25, -0.2) is 0 Å². The van der Waals surface area contributed by atoms with Crippen molar-refractivity contribution in [2.45, 2.75) is 6.61 Å². The molecule has 0 bridgehead atoms. The lowest BCUT2D eigenvalue weighted by Gasteiger charge is -2.02. The molecule has 0 fully saturated rings. The van der Waals surface area contributed by atoms with Crippen LogP contribution in [0.3, 0.4) is 0 Å². The Kier molecular flexibility index (Phi) is 4.34. The summed E-state index contributed by atoms with van der Waals surface area (Å²) in [5.74, 6) is 0.866. The van der Waals surface area contributed by atoms with E-state index in [4.69, 9.17) is 9.57 Å². The summed E-state index contributed by atoms with van der Waals surface area (Å²) in [4.78, 5) is 9.08. The first kappa shape index (κ1) is 12.9. The normalized spacial score (nSPS) is 10.6. The molecule has 2 aromatic rings. The molecule has 1 aromatic heterocycles. The molecule has 5 heteroatoms. The average molecular weight is 258 g/mol. The summed E-state index contributed by atoms with van der Waals surface area (Å²) >= 11 is 0. The minimum Gasteiger partial charge on any atom is -0.506 e. The van der Waals surface area contributed by atoms with Crippen LogP contribution in [0.5, 0.6) is 11.5 Å². The maximum atomic E-state index is 9.46. The number of rotatable bonds is 5. The van der Waals surface area contributed by atoms with Crippen LogP contribution in [0.25, 0.3) is 0 Å². The third kappa shape index (κ3) is 3.70. The summed E-state index contributed by atoms with van der Waals surface area (Å²) in [5.41, 5.74) is 1.35. The smallest absolute Gasteiger partial charge is 0.142 e. The topological polar surface area (TPSA) is 63.9 Å². The summed E-state index contributed by atoms with van der Waals surface area (Å²) in [7, 11) is 1.62. The monoisotopic (exact) mass is 258 g/mol. The highest BCUT2D eigenvalue weighted by molar-refractivity contribution is 5.79. The molecule has 0 aliphatic rings. The van der Waals surface area contributed by atoms with Crippen molar-refractivity contribution < 1.29 is 14.7 Å². The van der Waals surface area contributed by atoms with Crippen LogP contribution >= 0.6 is 0 Å². The molecule has 1 aromatic carbocycles. The summed E-state index contributed by atoms with van der Waals surface area (Å²) in [6.07, 6.45) is 2.95. The maximum Gasteiger partial charge on any atom is 0.142 e. The molecular formula is C14H14N2O3. The van der Waals surface area contributed by atoms with Gasteiger partial charge in [-0.05, 0) is 29.8 Å². The number of benzene rings is 1. The van der Waals surface area contributed by atoms with Crippen molar-refractivity contribution in [1.29, 1.82) is 0 Å². The van der Waals surface area contributed by atoms with Gasteiger partial charge in [0, 0.05) is 6.20 Å². The van der Waals surface area contributed by atoms with Crippen molar-refractivity contribution in [1.82, 2.24) is 4.98 Å². The molecule has 2 rings (SSSR count). The first-order valence-corrected chi connectivity index (χ1v) is 5.72. The highest BCUT2D eigenvalue weighted by Gasteiger charge is 1.97. The van der Waals surface area contributed by atoms with Gasteiger partial charge in [-0.15, -0.1) is 0 Å². The van der Waals surface area contributed by atoms with E-state index in [1.165, 1.54) is 12.3 Å². The van der Waals surface area contributed by atoms with E-state index in [9.17, 15) is 5.11 Å². The molecule has 0 saturated heterocycles. The molecule has 1 heterocycles. The van der Waals surface area contributed by atoms with Crippen LogP contribution in [0.1, 0.15) is 11.3 Å². The van der Waals surface area contributed by atoms with E-state index in [2.05, 4.69) is 10.1 Å². The molecule has 0 unspecified atom stereocenters. The van der Waals surface area contributed by atoms with Gasteiger partial charge in [0.25, 0.3) is 0 Å². The van der Waals surface area contributed by atoms with Crippen LogP contribution in [0.4, 0.5) is 0 Å². The van der Waals surface area contributed by atoms with Gasteiger partial charge in [-0.1, -0.05) is 17.3 Å². The Hall–Kier alpha value is -2.56. The Balaban J connectivity index is 1.87. The summed E-state index contributed by atoms with van der Waals surface area (Å²) < 4.78 is 5.06. The Labute approximate surface area is 111 Å². The molecule has 0 atom stereocenters. The Morgan fingerprint density at radius 2 is 2.05 bits per heavy atom. The summed E-state index contributed by atoms with van der Waals surface area (Å²) in [6, 6.07) is 10.7. The third-order valence-corrected chi connectivity index (χ3v) is 2.46. The zero-order valence-electron chi connectivity index (χ0n) is 10.5. The average Bonchev–Trinajstić information content (AvgIpc) is 2.46. The number of hydrogen-bond donors (Lipinski definition) is 1. The van der Waals surface area contributed by atoms with Crippen LogP contribution in [0, 0.1) is 0 Å². The molecule has 0 aliphatic carbocycles. The molecule has 1 N–H and O–H groups in total. The van der Waals surface area contributed by atoms with Gasteiger partial charge < -0.3 is 14.7 Å². The van der Waals surface area contributed by atoms with Gasteiger partial charge in [0.15, 0.2) is 0 Å². The van der Waals surface area contributed by atoms with E-state index in [1.807, 2.05) is 24.3 Å². The van der Waals surface area contributed by atoms with Crippen molar-refractivity contribution in [3.63, 3.8) is 0 Å². The molecule has 98 valence electrons. The van der Waals surface area contributed by atoms with E-state index >= 15 is 0 Å². The first-order valence-electron chi connectivity index (χ1n) is 5.72. The fourth-order valence-corrected chi connectivity index (χ4v) is 1.43.